The van der Waals surface area contributed by atoms with Crippen molar-refractivity contribution < 1.29 is 19.1 Å². The summed E-state index contributed by atoms with van der Waals surface area (Å²) in [6, 6.07) is 7.09. The number of hydrogen-bond acceptors (Lipinski definition) is 4. The van der Waals surface area contributed by atoms with E-state index in [-0.39, 0.29) is 29.8 Å². The number of carbonyl (C=O) groups excluding carboxylic acids is 3. The lowest BCUT2D eigenvalue weighted by molar-refractivity contribution is -0.144. The topological polar surface area (TPSA) is 87.7 Å². The summed E-state index contributed by atoms with van der Waals surface area (Å²) in [7, 11) is 0. The first-order chi connectivity index (χ1) is 17.5. The van der Waals surface area contributed by atoms with Crippen LogP contribution in [0.3, 0.4) is 0 Å². The van der Waals surface area contributed by atoms with Gasteiger partial charge >= 0.3 is 0 Å². The zero-order valence-corrected chi connectivity index (χ0v) is 21.1. The molecule has 2 saturated carbocycles. The molecule has 1 aromatic rings. The minimum absolute atomic E-state index is 0.0187. The average molecular weight is 492 g/mol. The quantitative estimate of drug-likeness (QED) is 0.612. The highest BCUT2D eigenvalue weighted by atomic mass is 16.5. The van der Waals surface area contributed by atoms with E-state index in [2.05, 4.69) is 10.6 Å². The fourth-order valence-electron chi connectivity index (χ4n) is 7.35. The predicted molar refractivity (Wildman–Crippen MR) is 136 cm³/mol. The molecule has 1 spiro atoms. The second-order valence-corrected chi connectivity index (χ2v) is 11.4. The van der Waals surface area contributed by atoms with Gasteiger partial charge in [-0.05, 0) is 44.7 Å². The van der Waals surface area contributed by atoms with Crippen LogP contribution in [0, 0.1) is 18.8 Å². The van der Waals surface area contributed by atoms with E-state index in [1.807, 2.05) is 48.2 Å². The number of nitrogens with zero attached hydrogens (tertiary/aromatic N) is 1. The van der Waals surface area contributed by atoms with Crippen LogP contribution in [0.1, 0.15) is 69.8 Å². The van der Waals surface area contributed by atoms with Gasteiger partial charge in [0.25, 0.3) is 0 Å². The first-order valence-corrected chi connectivity index (χ1v) is 13.9. The van der Waals surface area contributed by atoms with Crippen LogP contribution in [0.25, 0.3) is 0 Å². The smallest absolute Gasteiger partial charge is 0.246 e. The van der Waals surface area contributed by atoms with Crippen molar-refractivity contribution >= 4 is 23.4 Å². The third-order valence-corrected chi connectivity index (χ3v) is 9.10. The number of likely N-dealkylation sites (tertiary alicyclic amines) is 1. The zero-order chi connectivity index (χ0) is 24.9. The van der Waals surface area contributed by atoms with Crippen LogP contribution in [0.5, 0.6) is 0 Å². The molecule has 3 heterocycles. The number of rotatable bonds is 5. The largest absolute Gasteiger partial charge is 0.359 e. The van der Waals surface area contributed by atoms with E-state index in [1.165, 1.54) is 6.42 Å². The van der Waals surface area contributed by atoms with E-state index in [1.54, 1.807) is 0 Å². The van der Waals surface area contributed by atoms with Crippen molar-refractivity contribution in [3.05, 3.63) is 42.0 Å². The van der Waals surface area contributed by atoms with Crippen LogP contribution in [0.2, 0.25) is 0 Å². The van der Waals surface area contributed by atoms with Crippen molar-refractivity contribution in [1.29, 1.82) is 0 Å². The maximum absolute atomic E-state index is 14.1. The molecule has 7 heteroatoms. The first kappa shape index (κ1) is 23.7. The summed E-state index contributed by atoms with van der Waals surface area (Å²) in [6.45, 7) is 2.00. The van der Waals surface area contributed by atoms with E-state index in [4.69, 9.17) is 4.74 Å². The summed E-state index contributed by atoms with van der Waals surface area (Å²) in [6.07, 6.45) is 13.8. The van der Waals surface area contributed by atoms with Crippen molar-refractivity contribution in [1.82, 2.24) is 10.2 Å². The third kappa shape index (κ3) is 3.87. The summed E-state index contributed by atoms with van der Waals surface area (Å²) in [5.41, 5.74) is 0.736. The molecule has 2 N–H and O–H groups in total. The van der Waals surface area contributed by atoms with Gasteiger partial charge < -0.3 is 20.3 Å². The normalized spacial score (nSPS) is 34.1. The Hall–Kier alpha value is -2.67. The Kier molecular flexibility index (Phi) is 6.14. The predicted octanol–water partition coefficient (Wildman–Crippen LogP) is 3.87. The van der Waals surface area contributed by atoms with Crippen LogP contribution in [0.15, 0.2) is 36.4 Å². The molecule has 36 heavy (non-hydrogen) atoms. The van der Waals surface area contributed by atoms with Crippen molar-refractivity contribution in [2.75, 3.05) is 5.32 Å². The van der Waals surface area contributed by atoms with Gasteiger partial charge in [0, 0.05) is 17.8 Å². The van der Waals surface area contributed by atoms with E-state index in [0.29, 0.717) is 5.69 Å². The third-order valence-electron chi connectivity index (χ3n) is 9.10. The molecule has 7 nitrogen and oxygen atoms in total. The molecule has 4 fully saturated rings. The molecule has 2 aliphatic carbocycles. The number of aryl methyl sites for hydroxylation is 1. The molecule has 192 valence electrons. The van der Waals surface area contributed by atoms with Gasteiger partial charge in [0.1, 0.15) is 11.6 Å². The molecule has 2 bridgehead atoms. The van der Waals surface area contributed by atoms with Gasteiger partial charge in [-0.15, -0.1) is 0 Å². The Morgan fingerprint density at radius 2 is 1.61 bits per heavy atom. The fraction of sp³-hybridized carbons (Fsp3) is 0.621. The van der Waals surface area contributed by atoms with Gasteiger partial charge in [0.15, 0.2) is 0 Å². The second-order valence-electron chi connectivity index (χ2n) is 11.4. The molecule has 0 aromatic heterocycles. The van der Waals surface area contributed by atoms with Crippen molar-refractivity contribution in [3.8, 4) is 0 Å². The number of anilines is 1. The number of hydrogen-bond donors (Lipinski definition) is 2. The average Bonchev–Trinajstić information content (AvgIpc) is 3.54. The second kappa shape index (κ2) is 9.33. The van der Waals surface area contributed by atoms with E-state index < -0.39 is 29.6 Å². The van der Waals surface area contributed by atoms with Gasteiger partial charge in [-0.2, -0.15) is 0 Å². The Morgan fingerprint density at radius 3 is 2.31 bits per heavy atom. The summed E-state index contributed by atoms with van der Waals surface area (Å²) in [5, 5.41) is 6.29. The Labute approximate surface area is 213 Å². The zero-order valence-electron chi connectivity index (χ0n) is 21.1. The molecular weight excluding hydrogens is 454 g/mol. The summed E-state index contributed by atoms with van der Waals surface area (Å²) in [5.74, 6) is -1.76. The van der Waals surface area contributed by atoms with Crippen LogP contribution < -0.4 is 10.6 Å². The Bertz CT molecular complexity index is 1060. The van der Waals surface area contributed by atoms with Gasteiger partial charge in [-0.3, -0.25) is 14.4 Å². The highest BCUT2D eigenvalue weighted by Crippen LogP contribution is 2.56. The van der Waals surface area contributed by atoms with Crippen LogP contribution in [0.4, 0.5) is 5.69 Å². The lowest BCUT2D eigenvalue weighted by Gasteiger charge is -2.39. The van der Waals surface area contributed by atoms with Gasteiger partial charge in [0.05, 0.1) is 17.9 Å². The Morgan fingerprint density at radius 1 is 0.944 bits per heavy atom. The maximum Gasteiger partial charge on any atom is 0.246 e. The monoisotopic (exact) mass is 491 g/mol. The number of carbonyl (C=O) groups is 3. The van der Waals surface area contributed by atoms with Crippen molar-refractivity contribution in [3.63, 3.8) is 0 Å². The molecule has 3 aliphatic heterocycles. The fourth-order valence-corrected chi connectivity index (χ4v) is 7.35. The minimum atomic E-state index is -1.08. The van der Waals surface area contributed by atoms with E-state index >= 15 is 0 Å². The molecule has 3 amide bonds. The summed E-state index contributed by atoms with van der Waals surface area (Å²) in [4.78, 5) is 43.4. The highest BCUT2D eigenvalue weighted by Gasteiger charge is 2.73. The number of benzene rings is 1. The van der Waals surface area contributed by atoms with Crippen molar-refractivity contribution in [2.45, 2.75) is 101 Å². The highest BCUT2D eigenvalue weighted by molar-refractivity contribution is 6.03. The molecule has 1 aromatic carbocycles. The lowest BCUT2D eigenvalue weighted by atomic mass is 9.74. The van der Waals surface area contributed by atoms with Crippen LogP contribution in [-0.2, 0) is 19.1 Å². The maximum atomic E-state index is 14.1. The molecular formula is C29H37N3O4. The number of fused-ring (bicyclic) bond motifs is 1. The van der Waals surface area contributed by atoms with Crippen molar-refractivity contribution in [2.24, 2.45) is 11.8 Å². The first-order valence-electron chi connectivity index (χ1n) is 13.9. The SMILES string of the molecule is Cc1ccc(NC(=O)[C@H]2[C@H]3C=C[C@@]4(O3)[C@H]2C(=O)N(C2CCCCC2)[C@@H]4C(=O)NC2CCCCC2)cc1. The molecule has 5 atom stereocenters. The van der Waals surface area contributed by atoms with Gasteiger partial charge in [-0.1, -0.05) is 68.4 Å². The molecule has 0 unspecified atom stereocenters. The minimum Gasteiger partial charge on any atom is -0.359 e. The van der Waals surface area contributed by atoms with Gasteiger partial charge in [0.2, 0.25) is 17.7 Å². The number of nitrogens with one attached hydrogen (secondary N) is 2. The molecule has 5 aliphatic rings. The van der Waals surface area contributed by atoms with E-state index in [9.17, 15) is 14.4 Å². The molecule has 0 radical (unpaired) electrons. The summed E-state index contributed by atoms with van der Waals surface area (Å²) < 4.78 is 6.49. The van der Waals surface area contributed by atoms with E-state index in [0.717, 1.165) is 63.4 Å². The van der Waals surface area contributed by atoms with Crippen LogP contribution >= 0.6 is 0 Å². The number of amides is 3. The molecule has 6 rings (SSSR count). The molecule has 2 saturated heterocycles. The van der Waals surface area contributed by atoms with Crippen LogP contribution in [-0.4, -0.2) is 52.5 Å². The number of ether oxygens (including phenoxy) is 1. The van der Waals surface area contributed by atoms with Gasteiger partial charge in [-0.25, -0.2) is 0 Å². The lowest BCUT2D eigenvalue weighted by Crippen LogP contribution is -2.58. The summed E-state index contributed by atoms with van der Waals surface area (Å²) >= 11 is 0. The Balaban J connectivity index is 1.31. The standard InChI is InChI=1S/C29H37N3O4/c1-18-12-14-20(15-13-18)30-26(33)23-22-16-17-29(36-22)24(23)28(35)32(21-10-6-3-7-11-21)25(29)27(34)31-19-8-4-2-5-9-19/h12-17,19,21-25H,2-11H2,1H3,(H,30,33)(H,31,34)/t22-,23+,24-,25-,29-/m1/s1.